The zero-order chi connectivity index (χ0) is 21.0. The normalized spacial score (nSPS) is 50.3. The standard InChI is InChI=1S/C25H42O4/c1-15(5-4-6-23(28)29)18-7-8-19-17-14-22(27)21-13-16(26)9-11-25(21,3)20(17)10-12-24(18,19)2/h15-22,26-27H,4-14H2,1-3H3,(H,28,29)/t15-,16+,17+,18-,19+,20+,21+,22+,24-,25-/m1/s1. The number of fused-ring (bicyclic) bond motifs is 5. The molecule has 4 rings (SSSR count). The van der Waals surface area contributed by atoms with Crippen LogP contribution in [0.25, 0.3) is 0 Å². The van der Waals surface area contributed by atoms with Gasteiger partial charge in [-0.3, -0.25) is 4.79 Å². The van der Waals surface area contributed by atoms with E-state index in [0.717, 1.165) is 38.5 Å². The predicted octanol–water partition coefficient (Wildman–Crippen LogP) is 4.87. The van der Waals surface area contributed by atoms with Gasteiger partial charge in [-0.25, -0.2) is 0 Å². The van der Waals surface area contributed by atoms with Crippen LogP contribution in [0.2, 0.25) is 0 Å². The molecule has 4 saturated carbocycles. The second-order valence-corrected chi connectivity index (χ2v) is 11.7. The summed E-state index contributed by atoms with van der Waals surface area (Å²) in [7, 11) is 0. The molecular weight excluding hydrogens is 364 g/mol. The van der Waals surface area contributed by atoms with Crippen LogP contribution in [-0.2, 0) is 4.79 Å². The maximum atomic E-state index is 11.1. The van der Waals surface area contributed by atoms with Crippen molar-refractivity contribution in [1.29, 1.82) is 0 Å². The van der Waals surface area contributed by atoms with Gasteiger partial charge in [0.05, 0.1) is 12.2 Å². The van der Waals surface area contributed by atoms with E-state index in [0.29, 0.717) is 41.4 Å². The van der Waals surface area contributed by atoms with Crippen LogP contribution in [-0.4, -0.2) is 33.5 Å². The van der Waals surface area contributed by atoms with Gasteiger partial charge in [-0.1, -0.05) is 20.8 Å². The smallest absolute Gasteiger partial charge is 0.303 e. The molecule has 0 aromatic carbocycles. The van der Waals surface area contributed by atoms with Crippen molar-refractivity contribution in [2.45, 2.75) is 104 Å². The summed E-state index contributed by atoms with van der Waals surface area (Å²) in [6, 6.07) is 0. The average Bonchev–Trinajstić information content (AvgIpc) is 3.00. The molecule has 29 heavy (non-hydrogen) atoms. The summed E-state index contributed by atoms with van der Waals surface area (Å²) in [6.45, 7) is 7.29. The van der Waals surface area contributed by atoms with E-state index in [1.165, 1.54) is 25.7 Å². The Hall–Kier alpha value is -0.610. The van der Waals surface area contributed by atoms with Crippen molar-refractivity contribution >= 4 is 5.97 Å². The third-order valence-corrected chi connectivity index (χ3v) is 10.5. The Morgan fingerprint density at radius 1 is 0.966 bits per heavy atom. The van der Waals surface area contributed by atoms with Crippen molar-refractivity contribution in [3.05, 3.63) is 0 Å². The van der Waals surface area contributed by atoms with Crippen LogP contribution in [0.15, 0.2) is 0 Å². The van der Waals surface area contributed by atoms with Gasteiger partial charge >= 0.3 is 5.97 Å². The average molecular weight is 407 g/mol. The fourth-order valence-electron chi connectivity index (χ4n) is 9.03. The number of hydrogen-bond donors (Lipinski definition) is 3. The zero-order valence-corrected chi connectivity index (χ0v) is 18.6. The quantitative estimate of drug-likeness (QED) is 0.609. The number of aliphatic hydroxyl groups excluding tert-OH is 2. The number of aliphatic hydroxyl groups is 2. The largest absolute Gasteiger partial charge is 0.481 e. The number of carbonyl (C=O) groups is 1. The van der Waals surface area contributed by atoms with Gasteiger partial charge in [0.1, 0.15) is 0 Å². The van der Waals surface area contributed by atoms with Crippen LogP contribution in [0, 0.1) is 46.3 Å². The van der Waals surface area contributed by atoms with Gasteiger partial charge in [0.15, 0.2) is 0 Å². The highest BCUT2D eigenvalue weighted by atomic mass is 16.4. The highest BCUT2D eigenvalue weighted by Crippen LogP contribution is 2.68. The fourth-order valence-corrected chi connectivity index (χ4v) is 9.03. The second kappa shape index (κ2) is 7.82. The minimum absolute atomic E-state index is 0.189. The summed E-state index contributed by atoms with van der Waals surface area (Å²) in [5, 5.41) is 30.3. The lowest BCUT2D eigenvalue weighted by molar-refractivity contribution is -0.172. The van der Waals surface area contributed by atoms with E-state index in [4.69, 9.17) is 5.11 Å². The zero-order valence-electron chi connectivity index (χ0n) is 18.6. The molecule has 4 fully saturated rings. The first-order valence-corrected chi connectivity index (χ1v) is 12.2. The lowest BCUT2D eigenvalue weighted by atomic mass is 9.44. The summed E-state index contributed by atoms with van der Waals surface area (Å²) in [4.78, 5) is 10.9. The summed E-state index contributed by atoms with van der Waals surface area (Å²) in [5.41, 5.74) is 0.537. The monoisotopic (exact) mass is 406 g/mol. The van der Waals surface area contributed by atoms with E-state index < -0.39 is 5.97 Å². The van der Waals surface area contributed by atoms with E-state index in [-0.39, 0.29) is 23.5 Å². The van der Waals surface area contributed by atoms with Crippen molar-refractivity contribution in [2.75, 3.05) is 0 Å². The van der Waals surface area contributed by atoms with Gasteiger partial charge in [-0.05, 0) is 111 Å². The maximum Gasteiger partial charge on any atom is 0.303 e. The van der Waals surface area contributed by atoms with E-state index in [9.17, 15) is 15.0 Å². The van der Waals surface area contributed by atoms with Crippen molar-refractivity contribution in [2.24, 2.45) is 46.3 Å². The minimum atomic E-state index is -0.676. The Morgan fingerprint density at radius 2 is 1.66 bits per heavy atom. The van der Waals surface area contributed by atoms with E-state index in [2.05, 4.69) is 20.8 Å². The molecule has 0 spiro atoms. The number of aliphatic carboxylic acids is 1. The molecule has 166 valence electrons. The van der Waals surface area contributed by atoms with Crippen LogP contribution in [0.1, 0.15) is 91.4 Å². The van der Waals surface area contributed by atoms with E-state index >= 15 is 0 Å². The third-order valence-electron chi connectivity index (χ3n) is 10.5. The summed E-state index contributed by atoms with van der Waals surface area (Å²) in [6.07, 6.45) is 10.4. The molecule has 0 heterocycles. The van der Waals surface area contributed by atoms with Crippen molar-refractivity contribution < 1.29 is 20.1 Å². The summed E-state index contributed by atoms with van der Waals surface area (Å²) >= 11 is 0. The van der Waals surface area contributed by atoms with Crippen LogP contribution in [0.5, 0.6) is 0 Å². The number of carboxylic acids is 1. The topological polar surface area (TPSA) is 77.8 Å². The SMILES string of the molecule is C[C@H](CCCC(=O)O)[C@H]1CC[C@H]2[C@@H]3C[C@H](O)[C@@H]4C[C@@H](O)CC[C@]4(C)[C@H]3CC[C@]12C. The molecule has 0 saturated heterocycles. The molecule has 4 aliphatic rings. The van der Waals surface area contributed by atoms with Crippen LogP contribution >= 0.6 is 0 Å². The third kappa shape index (κ3) is 3.56. The molecule has 3 N–H and O–H groups in total. The van der Waals surface area contributed by atoms with Crippen LogP contribution in [0.4, 0.5) is 0 Å². The highest BCUT2D eigenvalue weighted by Gasteiger charge is 2.62. The molecule has 0 unspecified atom stereocenters. The molecule has 4 aliphatic carbocycles. The summed E-state index contributed by atoms with van der Waals surface area (Å²) < 4.78 is 0. The van der Waals surface area contributed by atoms with E-state index in [1.807, 2.05) is 0 Å². The van der Waals surface area contributed by atoms with E-state index in [1.54, 1.807) is 0 Å². The lowest BCUT2D eigenvalue weighted by Crippen LogP contribution is -2.58. The Balaban J connectivity index is 1.50. The molecule has 4 nitrogen and oxygen atoms in total. The molecule has 0 aliphatic heterocycles. The van der Waals surface area contributed by atoms with Crippen LogP contribution < -0.4 is 0 Å². The number of rotatable bonds is 5. The molecular formula is C25H42O4. The van der Waals surface area contributed by atoms with Crippen LogP contribution in [0.3, 0.4) is 0 Å². The Morgan fingerprint density at radius 3 is 2.38 bits per heavy atom. The van der Waals surface area contributed by atoms with Gasteiger partial charge in [-0.15, -0.1) is 0 Å². The summed E-state index contributed by atoms with van der Waals surface area (Å²) in [5.74, 6) is 2.89. The Labute approximate surface area is 176 Å². The number of carboxylic acid groups (broad SMARTS) is 1. The van der Waals surface area contributed by atoms with Gasteiger partial charge in [-0.2, -0.15) is 0 Å². The van der Waals surface area contributed by atoms with Crippen molar-refractivity contribution in [1.82, 2.24) is 0 Å². The highest BCUT2D eigenvalue weighted by molar-refractivity contribution is 5.66. The predicted molar refractivity (Wildman–Crippen MR) is 113 cm³/mol. The molecule has 0 aromatic rings. The first-order valence-electron chi connectivity index (χ1n) is 12.2. The molecule has 0 radical (unpaired) electrons. The van der Waals surface area contributed by atoms with Crippen molar-refractivity contribution in [3.63, 3.8) is 0 Å². The molecule has 0 amide bonds. The maximum absolute atomic E-state index is 11.1. The Bertz CT molecular complexity index is 620. The lowest BCUT2D eigenvalue weighted by Gasteiger charge is -2.62. The number of hydrogen-bond acceptors (Lipinski definition) is 3. The molecule has 0 bridgehead atoms. The first kappa shape index (κ1) is 21.6. The van der Waals surface area contributed by atoms with Crippen molar-refractivity contribution in [3.8, 4) is 0 Å². The minimum Gasteiger partial charge on any atom is -0.481 e. The molecule has 10 atom stereocenters. The Kier molecular flexibility index (Phi) is 5.83. The second-order valence-electron chi connectivity index (χ2n) is 11.7. The van der Waals surface area contributed by atoms with Gasteiger partial charge in [0.25, 0.3) is 0 Å². The first-order chi connectivity index (χ1) is 13.7. The van der Waals surface area contributed by atoms with Gasteiger partial charge in [0, 0.05) is 6.42 Å². The fraction of sp³-hybridized carbons (Fsp3) is 0.960. The van der Waals surface area contributed by atoms with Gasteiger partial charge in [0.2, 0.25) is 0 Å². The molecule has 4 heteroatoms. The molecule has 0 aromatic heterocycles. The van der Waals surface area contributed by atoms with Gasteiger partial charge < -0.3 is 15.3 Å².